The monoisotopic (exact) mass is 296 g/mol. The molecule has 0 N–H and O–H groups in total. The summed E-state index contributed by atoms with van der Waals surface area (Å²) in [6.07, 6.45) is 14.6. The van der Waals surface area contributed by atoms with Crippen molar-refractivity contribution in [3.8, 4) is 0 Å². The van der Waals surface area contributed by atoms with Gasteiger partial charge in [-0.05, 0) is 49.8 Å². The largest absolute Gasteiger partial charge is 0.550 e. The third kappa shape index (κ3) is 7.52. The lowest BCUT2D eigenvalue weighted by Crippen LogP contribution is -2.20. The van der Waals surface area contributed by atoms with Gasteiger partial charge in [0.25, 0.3) is 0 Å². The highest BCUT2D eigenvalue weighted by molar-refractivity contribution is 6.48. The number of allylic oxidation sites excluding steroid dienone is 2. The second-order valence-corrected chi connectivity index (χ2v) is 10.1. The van der Waals surface area contributed by atoms with Crippen molar-refractivity contribution >= 4 is 9.04 Å². The van der Waals surface area contributed by atoms with Gasteiger partial charge in [0.05, 0.1) is 5.76 Å². The Labute approximate surface area is 128 Å². The van der Waals surface area contributed by atoms with E-state index < -0.39 is 9.04 Å². The molecule has 118 valence electrons. The molecule has 1 unspecified atom stereocenters. The molecule has 1 atom stereocenters. The topological polar surface area (TPSA) is 9.23 Å². The van der Waals surface area contributed by atoms with E-state index in [2.05, 4.69) is 39.9 Å². The van der Waals surface area contributed by atoms with Crippen molar-refractivity contribution in [2.24, 2.45) is 11.3 Å². The fraction of sp³-hybridized carbons (Fsp3) is 0.889. The molecule has 0 bridgehead atoms. The van der Waals surface area contributed by atoms with Crippen LogP contribution in [0.2, 0.25) is 13.1 Å². The van der Waals surface area contributed by atoms with Gasteiger partial charge in [-0.15, -0.1) is 0 Å². The second-order valence-electron chi connectivity index (χ2n) is 7.80. The summed E-state index contributed by atoms with van der Waals surface area (Å²) >= 11 is 0. The molecular weight excluding hydrogens is 260 g/mol. The molecule has 0 saturated carbocycles. The Hall–Kier alpha value is -0.243. The van der Waals surface area contributed by atoms with E-state index in [4.69, 9.17) is 4.43 Å². The van der Waals surface area contributed by atoms with Crippen molar-refractivity contribution in [3.63, 3.8) is 0 Å². The van der Waals surface area contributed by atoms with Crippen molar-refractivity contribution in [3.05, 3.63) is 11.8 Å². The van der Waals surface area contributed by atoms with Crippen LogP contribution in [0.3, 0.4) is 0 Å². The summed E-state index contributed by atoms with van der Waals surface area (Å²) in [6, 6.07) is 0. The molecule has 0 heterocycles. The molecule has 2 heteroatoms. The fourth-order valence-electron chi connectivity index (χ4n) is 3.09. The van der Waals surface area contributed by atoms with Crippen molar-refractivity contribution in [2.45, 2.75) is 91.7 Å². The van der Waals surface area contributed by atoms with Crippen LogP contribution in [0.5, 0.6) is 0 Å². The van der Waals surface area contributed by atoms with Crippen LogP contribution in [0.15, 0.2) is 11.8 Å². The lowest BCUT2D eigenvalue weighted by Gasteiger charge is -2.30. The highest BCUT2D eigenvalue weighted by Crippen LogP contribution is 2.34. The zero-order chi connectivity index (χ0) is 15.0. The zero-order valence-electron chi connectivity index (χ0n) is 14.5. The minimum Gasteiger partial charge on any atom is -0.550 e. The van der Waals surface area contributed by atoms with E-state index >= 15 is 0 Å². The molecule has 0 spiro atoms. The molecule has 1 aliphatic carbocycles. The van der Waals surface area contributed by atoms with Crippen LogP contribution in [0.1, 0.15) is 78.6 Å². The first-order valence-corrected chi connectivity index (χ1v) is 11.5. The molecule has 0 saturated heterocycles. The second kappa shape index (κ2) is 8.91. The minimum absolute atomic E-state index is 0.418. The average molecular weight is 297 g/mol. The van der Waals surface area contributed by atoms with Crippen LogP contribution in [0, 0.1) is 11.3 Å². The van der Waals surface area contributed by atoms with Crippen LogP contribution in [0.4, 0.5) is 0 Å². The Morgan fingerprint density at radius 2 is 1.60 bits per heavy atom. The maximum absolute atomic E-state index is 6.16. The molecule has 0 aromatic heterocycles. The summed E-state index contributed by atoms with van der Waals surface area (Å²) in [5.74, 6) is 2.11. The Bertz CT molecular complexity index is 288. The van der Waals surface area contributed by atoms with Gasteiger partial charge in [-0.2, -0.15) is 0 Å². The van der Waals surface area contributed by atoms with E-state index in [1.165, 1.54) is 63.5 Å². The first-order chi connectivity index (χ1) is 9.39. The molecule has 0 aliphatic heterocycles. The molecule has 0 fully saturated rings. The van der Waals surface area contributed by atoms with E-state index in [0.717, 1.165) is 5.92 Å². The molecule has 1 aliphatic rings. The van der Waals surface area contributed by atoms with Gasteiger partial charge in [-0.3, -0.25) is 0 Å². The van der Waals surface area contributed by atoms with Gasteiger partial charge < -0.3 is 4.43 Å². The van der Waals surface area contributed by atoms with Gasteiger partial charge in [0.15, 0.2) is 0 Å². The third-order valence-corrected chi connectivity index (χ3v) is 5.24. The maximum Gasteiger partial charge on any atom is 0.229 e. The predicted molar refractivity (Wildman–Crippen MR) is 92.5 cm³/mol. The van der Waals surface area contributed by atoms with E-state index in [1.807, 2.05) is 0 Å². The van der Waals surface area contributed by atoms with Crippen molar-refractivity contribution in [1.29, 1.82) is 0 Å². The average Bonchev–Trinajstić information content (AvgIpc) is 2.30. The Balaban J connectivity index is 2.71. The molecule has 0 aromatic carbocycles. The van der Waals surface area contributed by atoms with Gasteiger partial charge in [-0.1, -0.05) is 52.9 Å². The van der Waals surface area contributed by atoms with Crippen LogP contribution in [-0.2, 0) is 4.43 Å². The molecule has 1 nitrogen and oxygen atoms in total. The highest BCUT2D eigenvalue weighted by atomic mass is 28.3. The first-order valence-electron chi connectivity index (χ1n) is 8.75. The van der Waals surface area contributed by atoms with Gasteiger partial charge >= 0.3 is 0 Å². The molecule has 1 rings (SSSR count). The van der Waals surface area contributed by atoms with Crippen molar-refractivity contribution in [1.82, 2.24) is 0 Å². The summed E-state index contributed by atoms with van der Waals surface area (Å²) in [4.78, 5) is 0. The van der Waals surface area contributed by atoms with E-state index in [0.29, 0.717) is 5.41 Å². The predicted octanol–water partition coefficient (Wildman–Crippen LogP) is 6.06. The van der Waals surface area contributed by atoms with Crippen LogP contribution in [-0.4, -0.2) is 9.04 Å². The zero-order valence-corrected chi connectivity index (χ0v) is 15.7. The fourth-order valence-corrected chi connectivity index (χ4v) is 3.91. The summed E-state index contributed by atoms with van der Waals surface area (Å²) in [5.41, 5.74) is 0.418. The molecule has 0 radical (unpaired) electrons. The molecule has 20 heavy (non-hydrogen) atoms. The molecule has 0 amide bonds. The summed E-state index contributed by atoms with van der Waals surface area (Å²) in [7, 11) is -0.955. The summed E-state index contributed by atoms with van der Waals surface area (Å²) < 4.78 is 6.16. The number of rotatable bonds is 2. The Morgan fingerprint density at radius 1 is 1.00 bits per heavy atom. The number of hydrogen-bond acceptors (Lipinski definition) is 1. The van der Waals surface area contributed by atoms with Gasteiger partial charge in [0, 0.05) is 6.42 Å². The normalized spacial score (nSPS) is 23.7. The Kier molecular flexibility index (Phi) is 7.94. The van der Waals surface area contributed by atoms with Gasteiger partial charge in [0.1, 0.15) is 0 Å². The van der Waals surface area contributed by atoms with Crippen molar-refractivity contribution in [2.75, 3.05) is 0 Å². The van der Waals surface area contributed by atoms with Gasteiger partial charge in [-0.25, -0.2) is 0 Å². The summed E-state index contributed by atoms with van der Waals surface area (Å²) in [6.45, 7) is 11.7. The standard InChI is InChI=1S/C18H36OSi/c1-18(2,3)16-12-10-8-6-7-9-11-13-17(15-14-16)19-20(4)5/h15-16,20H,6-14H2,1-5H3. The molecular formula is C18H36OSi. The summed E-state index contributed by atoms with van der Waals surface area (Å²) in [5, 5.41) is 0. The quantitative estimate of drug-likeness (QED) is 0.563. The van der Waals surface area contributed by atoms with E-state index in [1.54, 1.807) is 0 Å². The van der Waals surface area contributed by atoms with Crippen LogP contribution in [0.25, 0.3) is 0 Å². The van der Waals surface area contributed by atoms with Gasteiger partial charge in [0.2, 0.25) is 9.04 Å². The highest BCUT2D eigenvalue weighted by Gasteiger charge is 2.23. The number of hydrogen-bond donors (Lipinski definition) is 0. The van der Waals surface area contributed by atoms with Crippen LogP contribution >= 0.6 is 0 Å². The minimum atomic E-state index is -0.955. The smallest absolute Gasteiger partial charge is 0.229 e. The molecule has 0 aromatic rings. The van der Waals surface area contributed by atoms with E-state index in [9.17, 15) is 0 Å². The maximum atomic E-state index is 6.16. The lowest BCUT2D eigenvalue weighted by molar-refractivity contribution is 0.219. The SMILES string of the molecule is C[SiH](C)OC1=CCC(C(C)(C)C)CCCCCCCC1. The lowest BCUT2D eigenvalue weighted by atomic mass is 9.75. The Morgan fingerprint density at radius 3 is 2.20 bits per heavy atom. The third-order valence-electron chi connectivity index (χ3n) is 4.47. The van der Waals surface area contributed by atoms with Crippen molar-refractivity contribution < 1.29 is 4.43 Å². The van der Waals surface area contributed by atoms with E-state index in [-0.39, 0.29) is 0 Å². The van der Waals surface area contributed by atoms with Crippen LogP contribution < -0.4 is 0 Å². The first kappa shape index (κ1) is 17.8.